The number of carboxylic acids is 1. The molecule has 0 rings (SSSR count). The Morgan fingerprint density at radius 1 is 1.29 bits per heavy atom. The maximum atomic E-state index is 10.1. The molecule has 2 N–H and O–H groups in total. The van der Waals surface area contributed by atoms with Gasteiger partial charge in [0, 0.05) is 0 Å². The Bertz CT molecular complexity index is 167. The number of hydrogen-bond acceptors (Lipinski definition) is 4. The zero-order valence-corrected chi connectivity index (χ0v) is 8.65. The largest absolute Gasteiger partial charge is 0.481 e. The molecule has 0 atom stereocenters. The molecular weight excluding hydrogens is 188 g/mol. The van der Waals surface area contributed by atoms with Gasteiger partial charge in [0.25, 0.3) is 0 Å². The Morgan fingerprint density at radius 2 is 1.93 bits per heavy atom. The van der Waals surface area contributed by atoms with Crippen molar-refractivity contribution in [2.75, 3.05) is 26.4 Å². The number of rotatable bonds is 8. The Balaban J connectivity index is 3.25. The van der Waals surface area contributed by atoms with Crippen LogP contribution in [0.3, 0.4) is 0 Å². The average molecular weight is 206 g/mol. The second-order valence-corrected chi connectivity index (χ2v) is 3.52. The lowest BCUT2D eigenvalue weighted by Crippen LogP contribution is -2.30. The molecule has 0 aliphatic heterocycles. The highest BCUT2D eigenvalue weighted by Gasteiger charge is 2.15. The lowest BCUT2D eigenvalue weighted by molar-refractivity contribution is -0.138. The van der Waals surface area contributed by atoms with Crippen LogP contribution in [-0.2, 0) is 14.3 Å². The number of hydrogen-bond donors (Lipinski definition) is 2. The van der Waals surface area contributed by atoms with Crippen LogP contribution < -0.4 is 0 Å². The lowest BCUT2D eigenvalue weighted by atomic mass is 10.1. The molecule has 0 aliphatic rings. The van der Waals surface area contributed by atoms with E-state index < -0.39 is 11.6 Å². The zero-order chi connectivity index (χ0) is 11.0. The van der Waals surface area contributed by atoms with Crippen LogP contribution in [0.5, 0.6) is 0 Å². The first-order valence-electron chi connectivity index (χ1n) is 4.52. The van der Waals surface area contributed by atoms with Gasteiger partial charge in [-0.2, -0.15) is 0 Å². The van der Waals surface area contributed by atoms with Crippen LogP contribution in [0.2, 0.25) is 0 Å². The van der Waals surface area contributed by atoms with Crippen LogP contribution in [0.1, 0.15) is 20.3 Å². The summed E-state index contributed by atoms with van der Waals surface area (Å²) in [6, 6.07) is 0. The SMILES string of the molecule is CC(C)(CO)OCCOCCC(=O)O. The molecule has 0 aromatic rings. The number of aliphatic carboxylic acids is 1. The molecule has 0 spiro atoms. The van der Waals surface area contributed by atoms with Crippen molar-refractivity contribution in [3.05, 3.63) is 0 Å². The van der Waals surface area contributed by atoms with E-state index in [1.807, 2.05) is 0 Å². The molecule has 0 saturated carbocycles. The minimum atomic E-state index is -0.874. The van der Waals surface area contributed by atoms with Gasteiger partial charge in [0.1, 0.15) is 0 Å². The van der Waals surface area contributed by atoms with E-state index in [1.165, 1.54) is 0 Å². The summed E-state index contributed by atoms with van der Waals surface area (Å²) in [6.45, 7) is 4.37. The third-order valence-electron chi connectivity index (χ3n) is 1.56. The van der Waals surface area contributed by atoms with Gasteiger partial charge >= 0.3 is 5.97 Å². The number of aliphatic hydroxyl groups excluding tert-OH is 1. The van der Waals surface area contributed by atoms with E-state index in [-0.39, 0.29) is 19.6 Å². The fraction of sp³-hybridized carbons (Fsp3) is 0.889. The van der Waals surface area contributed by atoms with E-state index in [4.69, 9.17) is 19.7 Å². The van der Waals surface area contributed by atoms with E-state index in [1.54, 1.807) is 13.8 Å². The monoisotopic (exact) mass is 206 g/mol. The average Bonchev–Trinajstić information content (AvgIpc) is 2.10. The standard InChI is InChI=1S/C9H18O5/c1-9(2,7-10)14-6-5-13-4-3-8(11)12/h10H,3-7H2,1-2H3,(H,11,12). The van der Waals surface area contributed by atoms with E-state index in [0.717, 1.165) is 0 Å². The number of aliphatic hydroxyl groups is 1. The van der Waals surface area contributed by atoms with Crippen LogP contribution in [0.15, 0.2) is 0 Å². The minimum Gasteiger partial charge on any atom is -0.481 e. The summed E-state index contributed by atoms with van der Waals surface area (Å²) in [5.41, 5.74) is -0.559. The molecular formula is C9H18O5. The van der Waals surface area contributed by atoms with Crippen molar-refractivity contribution in [1.29, 1.82) is 0 Å². The van der Waals surface area contributed by atoms with Crippen molar-refractivity contribution < 1.29 is 24.5 Å². The Hall–Kier alpha value is -0.650. The number of carbonyl (C=O) groups is 1. The Kier molecular flexibility index (Phi) is 6.44. The van der Waals surface area contributed by atoms with E-state index in [9.17, 15) is 4.79 Å². The fourth-order valence-electron chi connectivity index (χ4n) is 0.684. The predicted octanol–water partition coefficient (Wildman–Crippen LogP) is 0.265. The molecule has 0 amide bonds. The molecule has 5 heteroatoms. The molecule has 0 aliphatic carbocycles. The van der Waals surface area contributed by atoms with Crippen molar-refractivity contribution in [3.8, 4) is 0 Å². The summed E-state index contributed by atoms with van der Waals surface area (Å²) in [7, 11) is 0. The van der Waals surface area contributed by atoms with Crippen molar-refractivity contribution >= 4 is 5.97 Å². The summed E-state index contributed by atoms with van der Waals surface area (Å²) in [5.74, 6) is -0.874. The topological polar surface area (TPSA) is 76.0 Å². The van der Waals surface area contributed by atoms with Crippen molar-refractivity contribution in [3.63, 3.8) is 0 Å². The molecule has 5 nitrogen and oxygen atoms in total. The predicted molar refractivity (Wildman–Crippen MR) is 50.2 cm³/mol. The summed E-state index contributed by atoms with van der Waals surface area (Å²) >= 11 is 0. The van der Waals surface area contributed by atoms with Gasteiger partial charge in [0.2, 0.25) is 0 Å². The molecule has 84 valence electrons. The van der Waals surface area contributed by atoms with Crippen LogP contribution >= 0.6 is 0 Å². The Morgan fingerprint density at radius 3 is 2.43 bits per heavy atom. The second kappa shape index (κ2) is 6.75. The second-order valence-electron chi connectivity index (χ2n) is 3.52. The van der Waals surface area contributed by atoms with Crippen LogP contribution in [-0.4, -0.2) is 48.2 Å². The smallest absolute Gasteiger partial charge is 0.305 e. The first kappa shape index (κ1) is 13.4. The van der Waals surface area contributed by atoms with E-state index in [2.05, 4.69) is 0 Å². The van der Waals surface area contributed by atoms with Crippen molar-refractivity contribution in [1.82, 2.24) is 0 Å². The molecule has 0 aromatic heterocycles. The molecule has 0 heterocycles. The zero-order valence-electron chi connectivity index (χ0n) is 8.65. The number of carboxylic acid groups (broad SMARTS) is 1. The van der Waals surface area contributed by atoms with Gasteiger partial charge in [0.15, 0.2) is 0 Å². The van der Waals surface area contributed by atoms with Gasteiger partial charge in [0.05, 0.1) is 38.4 Å². The molecule has 0 fully saturated rings. The van der Waals surface area contributed by atoms with Crippen LogP contribution in [0, 0.1) is 0 Å². The maximum absolute atomic E-state index is 10.1. The third kappa shape index (κ3) is 7.97. The van der Waals surface area contributed by atoms with Gasteiger partial charge < -0.3 is 19.7 Å². The van der Waals surface area contributed by atoms with Gasteiger partial charge in [-0.15, -0.1) is 0 Å². The molecule has 0 unspecified atom stereocenters. The third-order valence-corrected chi connectivity index (χ3v) is 1.56. The van der Waals surface area contributed by atoms with E-state index >= 15 is 0 Å². The molecule has 0 aromatic carbocycles. The highest BCUT2D eigenvalue weighted by Crippen LogP contribution is 2.06. The molecule has 0 bridgehead atoms. The fourth-order valence-corrected chi connectivity index (χ4v) is 0.684. The summed E-state index contributed by atoms with van der Waals surface area (Å²) in [6.07, 6.45) is 0.00337. The lowest BCUT2D eigenvalue weighted by Gasteiger charge is -2.22. The minimum absolute atomic E-state index is 0.00337. The first-order valence-corrected chi connectivity index (χ1v) is 4.52. The van der Waals surface area contributed by atoms with Gasteiger partial charge in [-0.3, -0.25) is 4.79 Å². The van der Waals surface area contributed by atoms with Crippen LogP contribution in [0.25, 0.3) is 0 Å². The van der Waals surface area contributed by atoms with Gasteiger partial charge in [-0.25, -0.2) is 0 Å². The van der Waals surface area contributed by atoms with Crippen molar-refractivity contribution in [2.45, 2.75) is 25.9 Å². The quantitative estimate of drug-likeness (QED) is 0.557. The highest BCUT2D eigenvalue weighted by molar-refractivity contribution is 5.66. The van der Waals surface area contributed by atoms with Crippen LogP contribution in [0.4, 0.5) is 0 Å². The highest BCUT2D eigenvalue weighted by atomic mass is 16.5. The van der Waals surface area contributed by atoms with Gasteiger partial charge in [-0.1, -0.05) is 0 Å². The Labute approximate surface area is 83.6 Å². The summed E-state index contributed by atoms with van der Waals surface area (Å²) in [4.78, 5) is 10.1. The molecule has 0 radical (unpaired) electrons. The molecule has 14 heavy (non-hydrogen) atoms. The maximum Gasteiger partial charge on any atom is 0.305 e. The first-order chi connectivity index (χ1) is 6.48. The number of ether oxygens (including phenoxy) is 2. The normalized spacial score (nSPS) is 11.6. The van der Waals surface area contributed by atoms with E-state index in [0.29, 0.717) is 13.2 Å². The summed E-state index contributed by atoms with van der Waals surface area (Å²) in [5, 5.41) is 17.1. The summed E-state index contributed by atoms with van der Waals surface area (Å²) < 4.78 is 10.3. The van der Waals surface area contributed by atoms with Gasteiger partial charge in [-0.05, 0) is 13.8 Å². The molecule has 0 saturated heterocycles. The van der Waals surface area contributed by atoms with Crippen molar-refractivity contribution in [2.24, 2.45) is 0 Å².